The van der Waals surface area contributed by atoms with Crippen LogP contribution in [0.1, 0.15) is 24.0 Å². The Kier molecular flexibility index (Phi) is 3.12. The average molecular weight is 247 g/mol. The van der Waals surface area contributed by atoms with Crippen molar-refractivity contribution in [3.05, 3.63) is 35.4 Å². The molecule has 0 bridgehead atoms. The summed E-state index contributed by atoms with van der Waals surface area (Å²) in [7, 11) is 0. The molecule has 0 aromatic heterocycles. The Balaban J connectivity index is 2.23. The number of benzene rings is 1. The summed E-state index contributed by atoms with van der Waals surface area (Å²) in [6, 6.07) is 4.37. The molecule has 0 amide bonds. The highest BCUT2D eigenvalue weighted by molar-refractivity contribution is 5.29. The molecule has 17 heavy (non-hydrogen) atoms. The molecule has 5 heteroatoms. The lowest BCUT2D eigenvalue weighted by Crippen LogP contribution is -2.36. The number of hydrogen-bond acceptors (Lipinski definition) is 1. The van der Waals surface area contributed by atoms with Crippen molar-refractivity contribution in [1.82, 2.24) is 5.32 Å². The lowest BCUT2D eigenvalue weighted by atomic mass is 9.86. The minimum atomic E-state index is -4.36. The molecule has 1 heterocycles. The highest BCUT2D eigenvalue weighted by Gasteiger charge is 2.35. The number of hydrogen-bond donors (Lipinski definition) is 1. The van der Waals surface area contributed by atoms with E-state index < -0.39 is 17.4 Å². The van der Waals surface area contributed by atoms with Crippen LogP contribution in [0.25, 0.3) is 0 Å². The van der Waals surface area contributed by atoms with Crippen molar-refractivity contribution in [3.63, 3.8) is 0 Å². The van der Waals surface area contributed by atoms with Crippen LogP contribution < -0.4 is 5.32 Å². The summed E-state index contributed by atoms with van der Waals surface area (Å²) < 4.78 is 51.5. The van der Waals surface area contributed by atoms with E-state index in [0.29, 0.717) is 31.5 Å². The van der Waals surface area contributed by atoms with Crippen LogP contribution in [0.2, 0.25) is 0 Å². The summed E-state index contributed by atoms with van der Waals surface area (Å²) in [5.74, 6) is 0. The second-order valence-electron chi connectivity index (χ2n) is 4.29. The lowest BCUT2D eigenvalue weighted by Gasteiger charge is -2.30. The van der Waals surface area contributed by atoms with E-state index in [1.165, 1.54) is 12.1 Å². The van der Waals surface area contributed by atoms with E-state index in [0.717, 1.165) is 12.1 Å². The first-order valence-corrected chi connectivity index (χ1v) is 5.49. The summed E-state index contributed by atoms with van der Waals surface area (Å²) in [6.07, 6.45) is -3.76. The molecule has 1 aromatic rings. The Morgan fingerprint density at radius 3 is 2.00 bits per heavy atom. The third kappa shape index (κ3) is 2.60. The van der Waals surface area contributed by atoms with Crippen LogP contribution in [0.15, 0.2) is 24.3 Å². The van der Waals surface area contributed by atoms with Gasteiger partial charge in [-0.15, -0.1) is 0 Å². The predicted octanol–water partition coefficient (Wildman–Crippen LogP) is 3.25. The van der Waals surface area contributed by atoms with Gasteiger partial charge in [0, 0.05) is 0 Å². The summed E-state index contributed by atoms with van der Waals surface area (Å²) in [6.45, 7) is 1.11. The molecule has 1 aromatic carbocycles. The van der Waals surface area contributed by atoms with Gasteiger partial charge in [0.1, 0.15) is 5.67 Å². The largest absolute Gasteiger partial charge is 0.416 e. The summed E-state index contributed by atoms with van der Waals surface area (Å²) in [4.78, 5) is 0. The van der Waals surface area contributed by atoms with E-state index in [1.54, 1.807) is 0 Å². The van der Waals surface area contributed by atoms with E-state index in [9.17, 15) is 17.6 Å². The van der Waals surface area contributed by atoms with Gasteiger partial charge in [0.05, 0.1) is 5.56 Å². The Bertz CT molecular complexity index is 376. The second-order valence-corrected chi connectivity index (χ2v) is 4.29. The van der Waals surface area contributed by atoms with Gasteiger partial charge in [-0.05, 0) is 43.6 Å². The van der Waals surface area contributed by atoms with E-state index in [4.69, 9.17) is 0 Å². The summed E-state index contributed by atoms with van der Waals surface area (Å²) >= 11 is 0. The number of alkyl halides is 4. The Morgan fingerprint density at radius 2 is 1.53 bits per heavy atom. The van der Waals surface area contributed by atoms with Crippen LogP contribution in [-0.2, 0) is 11.8 Å². The highest BCUT2D eigenvalue weighted by atomic mass is 19.4. The van der Waals surface area contributed by atoms with Gasteiger partial charge in [0.15, 0.2) is 0 Å². The van der Waals surface area contributed by atoms with Gasteiger partial charge in [-0.3, -0.25) is 0 Å². The molecule has 0 radical (unpaired) electrons. The van der Waals surface area contributed by atoms with Gasteiger partial charge in [0.25, 0.3) is 0 Å². The number of piperidine rings is 1. The molecule has 94 valence electrons. The Hall–Kier alpha value is -1.10. The lowest BCUT2D eigenvalue weighted by molar-refractivity contribution is -0.137. The molecule has 1 N–H and O–H groups in total. The summed E-state index contributed by atoms with van der Waals surface area (Å²) in [5.41, 5.74) is -1.89. The van der Waals surface area contributed by atoms with E-state index >= 15 is 0 Å². The van der Waals surface area contributed by atoms with Crippen LogP contribution in [-0.4, -0.2) is 13.1 Å². The first-order valence-electron chi connectivity index (χ1n) is 5.49. The normalized spacial score (nSPS) is 20.2. The zero-order valence-electron chi connectivity index (χ0n) is 9.15. The molecule has 0 spiro atoms. The third-order valence-electron chi connectivity index (χ3n) is 3.13. The highest BCUT2D eigenvalue weighted by Crippen LogP contribution is 2.36. The van der Waals surface area contributed by atoms with Gasteiger partial charge in [-0.2, -0.15) is 13.2 Å². The average Bonchev–Trinajstić information content (AvgIpc) is 2.29. The predicted molar refractivity (Wildman–Crippen MR) is 56.3 cm³/mol. The molecule has 1 nitrogen and oxygen atoms in total. The number of nitrogens with one attached hydrogen (secondary N) is 1. The molecule has 1 aliphatic rings. The van der Waals surface area contributed by atoms with Crippen molar-refractivity contribution in [1.29, 1.82) is 0 Å². The van der Waals surface area contributed by atoms with E-state index in [1.807, 2.05) is 0 Å². The van der Waals surface area contributed by atoms with Gasteiger partial charge >= 0.3 is 6.18 Å². The quantitative estimate of drug-likeness (QED) is 0.751. The minimum absolute atomic E-state index is 0.304. The Labute approximate surface area is 96.8 Å². The molecule has 0 aliphatic carbocycles. The van der Waals surface area contributed by atoms with Crippen LogP contribution in [0.3, 0.4) is 0 Å². The van der Waals surface area contributed by atoms with Gasteiger partial charge in [-0.1, -0.05) is 12.1 Å². The van der Waals surface area contributed by atoms with Crippen molar-refractivity contribution in [2.45, 2.75) is 24.7 Å². The molecule has 2 rings (SSSR count). The van der Waals surface area contributed by atoms with Gasteiger partial charge in [-0.25, -0.2) is 4.39 Å². The molecular weight excluding hydrogens is 234 g/mol. The smallest absolute Gasteiger partial charge is 0.316 e. The maximum atomic E-state index is 14.4. The van der Waals surface area contributed by atoms with Crippen molar-refractivity contribution in [2.75, 3.05) is 13.1 Å². The number of rotatable bonds is 1. The first kappa shape index (κ1) is 12.4. The SMILES string of the molecule is FC(F)(F)c1ccc(C2(F)CCNCC2)cc1. The molecule has 1 fully saturated rings. The monoisotopic (exact) mass is 247 g/mol. The minimum Gasteiger partial charge on any atom is -0.316 e. The van der Waals surface area contributed by atoms with Crippen molar-refractivity contribution in [3.8, 4) is 0 Å². The van der Waals surface area contributed by atoms with Crippen LogP contribution >= 0.6 is 0 Å². The van der Waals surface area contributed by atoms with Gasteiger partial charge < -0.3 is 5.32 Å². The zero-order valence-corrected chi connectivity index (χ0v) is 9.15. The molecular formula is C12H13F4N. The van der Waals surface area contributed by atoms with E-state index in [-0.39, 0.29) is 0 Å². The van der Waals surface area contributed by atoms with Crippen molar-refractivity contribution in [2.24, 2.45) is 0 Å². The van der Waals surface area contributed by atoms with Crippen molar-refractivity contribution < 1.29 is 17.6 Å². The maximum absolute atomic E-state index is 14.4. The van der Waals surface area contributed by atoms with Gasteiger partial charge in [0.2, 0.25) is 0 Å². The first-order chi connectivity index (χ1) is 7.92. The molecule has 0 unspecified atom stereocenters. The summed E-state index contributed by atoms with van der Waals surface area (Å²) in [5, 5.41) is 3.03. The number of halogens is 4. The van der Waals surface area contributed by atoms with Crippen LogP contribution in [0, 0.1) is 0 Å². The molecule has 1 saturated heterocycles. The fourth-order valence-electron chi connectivity index (χ4n) is 2.07. The zero-order chi connectivity index (χ0) is 12.5. The molecule has 0 saturated carbocycles. The Morgan fingerprint density at radius 1 is 1.00 bits per heavy atom. The molecule has 1 aliphatic heterocycles. The van der Waals surface area contributed by atoms with Crippen LogP contribution in [0.4, 0.5) is 17.6 Å². The topological polar surface area (TPSA) is 12.0 Å². The van der Waals surface area contributed by atoms with Crippen LogP contribution in [0.5, 0.6) is 0 Å². The standard InChI is InChI=1S/C12H13F4N/c13-11(5-7-17-8-6-11)9-1-3-10(4-2-9)12(14,15)16/h1-4,17H,5-8H2. The fraction of sp³-hybridized carbons (Fsp3) is 0.500. The second kappa shape index (κ2) is 4.29. The fourth-order valence-corrected chi connectivity index (χ4v) is 2.07. The molecule has 0 atom stereocenters. The third-order valence-corrected chi connectivity index (χ3v) is 3.13. The van der Waals surface area contributed by atoms with E-state index in [2.05, 4.69) is 5.32 Å². The maximum Gasteiger partial charge on any atom is 0.416 e. The van der Waals surface area contributed by atoms with Crippen molar-refractivity contribution >= 4 is 0 Å².